The monoisotopic (exact) mass is 438 g/mol. The number of carbonyl (C=O) groups excluding carboxylic acids is 1. The number of thiophene rings is 1. The molecule has 0 bridgehead atoms. The summed E-state index contributed by atoms with van der Waals surface area (Å²) in [5.74, 6) is 2.38. The number of aromatic nitrogens is 3. The number of hydrogen-bond donors (Lipinski definition) is 1. The zero-order valence-corrected chi connectivity index (χ0v) is 18.2. The number of anilines is 1. The lowest BCUT2D eigenvalue weighted by Gasteiger charge is -2.35. The molecular formula is C22H22N4O4S. The number of carbonyl (C=O) groups is 1. The Labute approximate surface area is 183 Å². The molecule has 0 spiro atoms. The molecule has 3 aromatic rings. The van der Waals surface area contributed by atoms with Gasteiger partial charge in [0.05, 0.1) is 21.3 Å². The first-order valence-corrected chi connectivity index (χ1v) is 10.8. The SMILES string of the molecule is COc1ccc([C@@H]2C3=C(C[C@H](c4cccs4)CC3=O)Nc3ncnn32)c(OC)c1OC. The first kappa shape index (κ1) is 19.6. The van der Waals surface area contributed by atoms with Crippen LogP contribution in [0.5, 0.6) is 17.2 Å². The van der Waals surface area contributed by atoms with E-state index >= 15 is 0 Å². The van der Waals surface area contributed by atoms with Gasteiger partial charge in [-0.1, -0.05) is 6.07 Å². The Morgan fingerprint density at radius 1 is 1.10 bits per heavy atom. The summed E-state index contributed by atoms with van der Waals surface area (Å²) < 4.78 is 18.5. The molecule has 1 aliphatic carbocycles. The van der Waals surface area contributed by atoms with Crippen LogP contribution >= 0.6 is 11.3 Å². The fraction of sp³-hybridized carbons (Fsp3) is 0.318. The number of nitrogens with one attached hydrogen (secondary N) is 1. The summed E-state index contributed by atoms with van der Waals surface area (Å²) in [7, 11) is 4.72. The number of rotatable bonds is 5. The predicted molar refractivity (Wildman–Crippen MR) is 116 cm³/mol. The summed E-state index contributed by atoms with van der Waals surface area (Å²) in [6.45, 7) is 0. The molecule has 160 valence electrons. The maximum absolute atomic E-state index is 13.5. The Morgan fingerprint density at radius 2 is 1.94 bits per heavy atom. The molecule has 0 saturated heterocycles. The number of nitrogens with zero attached hydrogens (tertiary/aromatic N) is 3. The van der Waals surface area contributed by atoms with Gasteiger partial charge in [0.25, 0.3) is 0 Å². The van der Waals surface area contributed by atoms with E-state index in [4.69, 9.17) is 14.2 Å². The molecule has 0 radical (unpaired) electrons. The highest BCUT2D eigenvalue weighted by molar-refractivity contribution is 7.10. The van der Waals surface area contributed by atoms with Crippen LogP contribution in [0.2, 0.25) is 0 Å². The molecule has 1 aliphatic heterocycles. The summed E-state index contributed by atoms with van der Waals surface area (Å²) in [5, 5.41) is 9.81. The molecule has 0 unspecified atom stereocenters. The van der Waals surface area contributed by atoms with Crippen molar-refractivity contribution >= 4 is 23.1 Å². The number of ketones is 1. The van der Waals surface area contributed by atoms with Crippen LogP contribution in [-0.2, 0) is 4.79 Å². The van der Waals surface area contributed by atoms with E-state index in [9.17, 15) is 4.79 Å². The average Bonchev–Trinajstić information content (AvgIpc) is 3.48. The zero-order chi connectivity index (χ0) is 21.5. The molecule has 1 N–H and O–H groups in total. The highest BCUT2D eigenvalue weighted by Crippen LogP contribution is 2.49. The zero-order valence-electron chi connectivity index (χ0n) is 17.4. The Morgan fingerprint density at radius 3 is 2.65 bits per heavy atom. The van der Waals surface area contributed by atoms with Crippen molar-refractivity contribution in [2.45, 2.75) is 24.8 Å². The summed E-state index contributed by atoms with van der Waals surface area (Å²) in [5.41, 5.74) is 2.34. The van der Waals surface area contributed by atoms with E-state index in [1.165, 1.54) is 11.2 Å². The fourth-order valence-corrected chi connectivity index (χ4v) is 5.33. The number of Topliss-reactive ketones (excluding diaryl/α,β-unsaturated/α-hetero) is 1. The summed E-state index contributed by atoms with van der Waals surface area (Å²) in [6.07, 6.45) is 2.68. The van der Waals surface area contributed by atoms with E-state index in [1.54, 1.807) is 37.3 Å². The third kappa shape index (κ3) is 3.07. The van der Waals surface area contributed by atoms with Crippen LogP contribution in [-0.4, -0.2) is 41.9 Å². The van der Waals surface area contributed by atoms with Crippen LogP contribution in [0.15, 0.2) is 47.2 Å². The van der Waals surface area contributed by atoms with Crippen LogP contribution in [0.1, 0.15) is 35.2 Å². The van der Waals surface area contributed by atoms with E-state index in [2.05, 4.69) is 21.5 Å². The van der Waals surface area contributed by atoms with Gasteiger partial charge in [0.15, 0.2) is 17.3 Å². The van der Waals surface area contributed by atoms with Crippen LogP contribution in [0.3, 0.4) is 0 Å². The number of benzene rings is 1. The minimum Gasteiger partial charge on any atom is -0.493 e. The molecule has 2 aromatic heterocycles. The molecule has 31 heavy (non-hydrogen) atoms. The number of fused-ring (bicyclic) bond motifs is 1. The molecule has 0 saturated carbocycles. The lowest BCUT2D eigenvalue weighted by molar-refractivity contribution is -0.116. The fourth-order valence-electron chi connectivity index (χ4n) is 4.50. The lowest BCUT2D eigenvalue weighted by Crippen LogP contribution is -2.33. The van der Waals surface area contributed by atoms with Crippen molar-refractivity contribution in [1.29, 1.82) is 0 Å². The normalized spacial score (nSPS) is 20.0. The number of ether oxygens (including phenoxy) is 3. The molecule has 0 amide bonds. The van der Waals surface area contributed by atoms with Gasteiger partial charge in [-0.3, -0.25) is 4.79 Å². The van der Waals surface area contributed by atoms with Crippen molar-refractivity contribution < 1.29 is 19.0 Å². The molecule has 3 heterocycles. The predicted octanol–water partition coefficient (Wildman–Crippen LogP) is 3.78. The van der Waals surface area contributed by atoms with Crippen LogP contribution in [0.4, 0.5) is 5.95 Å². The Balaban J connectivity index is 1.67. The quantitative estimate of drug-likeness (QED) is 0.649. The summed E-state index contributed by atoms with van der Waals surface area (Å²) in [6, 6.07) is 7.35. The molecule has 2 aliphatic rings. The van der Waals surface area contributed by atoms with Gasteiger partial charge < -0.3 is 19.5 Å². The Bertz CT molecular complexity index is 1170. The van der Waals surface area contributed by atoms with Gasteiger partial charge in [0, 0.05) is 34.0 Å². The van der Waals surface area contributed by atoms with Gasteiger partial charge in [-0.25, -0.2) is 4.68 Å². The first-order valence-electron chi connectivity index (χ1n) is 9.91. The van der Waals surface area contributed by atoms with Gasteiger partial charge in [-0.15, -0.1) is 11.3 Å². The number of allylic oxidation sites excluding steroid dienone is 2. The van der Waals surface area contributed by atoms with Crippen LogP contribution in [0, 0.1) is 0 Å². The van der Waals surface area contributed by atoms with Crippen molar-refractivity contribution in [1.82, 2.24) is 14.8 Å². The first-order chi connectivity index (χ1) is 15.2. The van der Waals surface area contributed by atoms with Gasteiger partial charge in [-0.2, -0.15) is 10.1 Å². The van der Waals surface area contributed by atoms with E-state index in [0.717, 1.165) is 17.7 Å². The second-order valence-electron chi connectivity index (χ2n) is 7.42. The molecule has 8 nitrogen and oxygen atoms in total. The molecule has 5 rings (SSSR count). The third-order valence-corrected chi connectivity index (χ3v) is 6.87. The van der Waals surface area contributed by atoms with E-state index < -0.39 is 6.04 Å². The average molecular weight is 439 g/mol. The summed E-state index contributed by atoms with van der Waals surface area (Å²) >= 11 is 1.68. The van der Waals surface area contributed by atoms with Gasteiger partial charge in [0.2, 0.25) is 11.7 Å². The van der Waals surface area contributed by atoms with E-state index in [-0.39, 0.29) is 11.7 Å². The van der Waals surface area contributed by atoms with E-state index in [0.29, 0.717) is 35.2 Å². The minimum atomic E-state index is -0.472. The molecule has 2 atom stereocenters. The third-order valence-electron chi connectivity index (χ3n) is 5.84. The van der Waals surface area contributed by atoms with Gasteiger partial charge >= 0.3 is 0 Å². The van der Waals surface area contributed by atoms with Gasteiger partial charge in [0.1, 0.15) is 12.4 Å². The second kappa shape index (κ2) is 7.73. The Kier molecular flexibility index (Phi) is 4.90. The maximum Gasteiger partial charge on any atom is 0.226 e. The standard InChI is InChI=1S/C22H22N4O4S/c1-28-16-7-6-13(20(29-2)21(16)30-3)19-18-14(25-22-23-11-24-26(19)22)9-12(10-15(18)27)17-5-4-8-31-17/h4-8,11-12,19H,9-10H2,1-3H3,(H,23,24,25)/t12-,19+/m0/s1. The number of methoxy groups -OCH3 is 3. The van der Waals surface area contributed by atoms with Crippen molar-refractivity contribution in [3.63, 3.8) is 0 Å². The van der Waals surface area contributed by atoms with Gasteiger partial charge in [-0.05, 0) is 30.0 Å². The second-order valence-corrected chi connectivity index (χ2v) is 8.39. The summed E-state index contributed by atoms with van der Waals surface area (Å²) in [4.78, 5) is 19.1. The smallest absolute Gasteiger partial charge is 0.226 e. The largest absolute Gasteiger partial charge is 0.493 e. The molecule has 9 heteroatoms. The van der Waals surface area contributed by atoms with Crippen LogP contribution in [0.25, 0.3) is 0 Å². The Hall–Kier alpha value is -3.33. The van der Waals surface area contributed by atoms with Crippen molar-refractivity contribution in [2.75, 3.05) is 26.6 Å². The lowest BCUT2D eigenvalue weighted by atomic mass is 9.79. The van der Waals surface area contributed by atoms with Crippen molar-refractivity contribution in [3.05, 3.63) is 57.7 Å². The molecule has 1 aromatic carbocycles. The van der Waals surface area contributed by atoms with Crippen molar-refractivity contribution in [2.24, 2.45) is 0 Å². The van der Waals surface area contributed by atoms with E-state index in [1.807, 2.05) is 23.6 Å². The highest BCUT2D eigenvalue weighted by atomic mass is 32.1. The minimum absolute atomic E-state index is 0.0927. The van der Waals surface area contributed by atoms with Crippen molar-refractivity contribution in [3.8, 4) is 17.2 Å². The highest BCUT2D eigenvalue weighted by Gasteiger charge is 2.41. The maximum atomic E-state index is 13.5. The topological polar surface area (TPSA) is 87.5 Å². The molecular weight excluding hydrogens is 416 g/mol. The molecule has 0 fully saturated rings. The number of hydrogen-bond acceptors (Lipinski definition) is 8. The van der Waals surface area contributed by atoms with Crippen LogP contribution < -0.4 is 19.5 Å².